The highest BCUT2D eigenvalue weighted by Gasteiger charge is 2.46. The number of aryl methyl sites for hydroxylation is 1. The predicted octanol–water partition coefficient (Wildman–Crippen LogP) is 0.900. The van der Waals surface area contributed by atoms with Gasteiger partial charge in [0.05, 0.1) is 24.0 Å². The molecule has 2 aromatic rings. The maximum Gasteiger partial charge on any atom is 0.410 e. The molecule has 11 heteroatoms. The van der Waals surface area contributed by atoms with Gasteiger partial charge in [0, 0.05) is 50.9 Å². The average Bonchev–Trinajstić information content (AvgIpc) is 3.51. The maximum atomic E-state index is 15.0. The van der Waals surface area contributed by atoms with Gasteiger partial charge in [-0.2, -0.15) is 5.10 Å². The molecular weight excluding hydrogens is 415 g/mol. The van der Waals surface area contributed by atoms with Crippen LogP contribution in [-0.4, -0.2) is 75.2 Å². The summed E-state index contributed by atoms with van der Waals surface area (Å²) in [5.74, 6) is 0.901. The molecule has 1 amide bonds. The van der Waals surface area contributed by atoms with Gasteiger partial charge in [0.2, 0.25) is 0 Å². The van der Waals surface area contributed by atoms with Crippen molar-refractivity contribution in [2.75, 3.05) is 31.1 Å². The molecule has 1 saturated carbocycles. The van der Waals surface area contributed by atoms with Crippen LogP contribution in [0.25, 0.3) is 0 Å². The number of hydrazine groups is 1. The first-order valence-corrected chi connectivity index (χ1v) is 11.2. The largest absolute Gasteiger partial charge is 0.447 e. The van der Waals surface area contributed by atoms with Gasteiger partial charge < -0.3 is 9.64 Å². The first-order chi connectivity index (χ1) is 15.6. The van der Waals surface area contributed by atoms with E-state index in [9.17, 15) is 9.18 Å². The molecule has 0 aromatic carbocycles. The molecule has 5 heterocycles. The van der Waals surface area contributed by atoms with Crippen molar-refractivity contribution < 1.29 is 13.9 Å². The zero-order chi connectivity index (χ0) is 21.8. The highest BCUT2D eigenvalue weighted by Crippen LogP contribution is 2.45. The van der Waals surface area contributed by atoms with Crippen LogP contribution in [0.5, 0.6) is 0 Å². The number of hydrogen-bond acceptors (Lipinski definition) is 8. The van der Waals surface area contributed by atoms with Crippen LogP contribution in [-0.2, 0) is 11.8 Å². The normalized spacial score (nSPS) is 34.4. The second-order valence-electron chi connectivity index (χ2n) is 9.25. The standard InChI is InChI=1S/C21H27FN8O2/c1-28-8-12(7-25-28)14-4-15-17(5-16(14)22)26-27-20(15)18-6-19(24-11-23-18)29-2-3-30-13(9-29)10-32-21(30)31/h6-8,11,13-17,20,26-27H,2-5,9-10H2,1H3. The lowest BCUT2D eigenvalue weighted by molar-refractivity contribution is 0.153. The summed E-state index contributed by atoms with van der Waals surface area (Å²) in [7, 11) is 1.86. The molecule has 0 radical (unpaired) electrons. The number of piperazine rings is 1. The van der Waals surface area contributed by atoms with E-state index in [-0.39, 0.29) is 36.1 Å². The number of hydrogen-bond donors (Lipinski definition) is 2. The summed E-state index contributed by atoms with van der Waals surface area (Å²) in [5.41, 5.74) is 8.53. The van der Waals surface area contributed by atoms with Gasteiger partial charge in [-0.25, -0.2) is 24.6 Å². The molecule has 6 atom stereocenters. The van der Waals surface area contributed by atoms with E-state index in [1.165, 1.54) is 0 Å². The molecule has 2 N–H and O–H groups in total. The van der Waals surface area contributed by atoms with Gasteiger partial charge >= 0.3 is 6.09 Å². The van der Waals surface area contributed by atoms with E-state index in [4.69, 9.17) is 4.74 Å². The van der Waals surface area contributed by atoms with Crippen molar-refractivity contribution >= 4 is 11.9 Å². The van der Waals surface area contributed by atoms with Gasteiger partial charge in [-0.15, -0.1) is 0 Å². The summed E-state index contributed by atoms with van der Waals surface area (Å²) in [6, 6.07) is 2.12. The molecule has 10 nitrogen and oxygen atoms in total. The lowest BCUT2D eigenvalue weighted by Gasteiger charge is -2.36. The lowest BCUT2D eigenvalue weighted by Crippen LogP contribution is -2.52. The Labute approximate surface area is 185 Å². The van der Waals surface area contributed by atoms with Crippen LogP contribution in [0.3, 0.4) is 0 Å². The minimum atomic E-state index is -0.901. The summed E-state index contributed by atoms with van der Waals surface area (Å²) in [6.45, 7) is 2.45. The Morgan fingerprint density at radius 1 is 1.22 bits per heavy atom. The summed E-state index contributed by atoms with van der Waals surface area (Å²) in [4.78, 5) is 24.8. The molecular formula is C21H27FN8O2. The highest BCUT2D eigenvalue weighted by atomic mass is 19.1. The third kappa shape index (κ3) is 3.30. The topological polar surface area (TPSA) is 100 Å². The number of alkyl halides is 1. The lowest BCUT2D eigenvalue weighted by atomic mass is 9.72. The molecule has 6 rings (SSSR count). The van der Waals surface area contributed by atoms with Crippen molar-refractivity contribution in [1.82, 2.24) is 35.5 Å². The number of nitrogens with zero attached hydrogens (tertiary/aromatic N) is 6. The number of cyclic esters (lactones) is 1. The predicted molar refractivity (Wildman–Crippen MR) is 112 cm³/mol. The number of anilines is 1. The van der Waals surface area contributed by atoms with Crippen molar-refractivity contribution in [3.8, 4) is 0 Å². The van der Waals surface area contributed by atoms with Crippen LogP contribution in [0.1, 0.15) is 36.1 Å². The molecule has 3 aliphatic heterocycles. The molecule has 4 aliphatic rings. The molecule has 4 fully saturated rings. The van der Waals surface area contributed by atoms with Crippen molar-refractivity contribution in [1.29, 1.82) is 0 Å². The van der Waals surface area contributed by atoms with Crippen molar-refractivity contribution in [3.05, 3.63) is 36.0 Å². The Bertz CT molecular complexity index is 1020. The van der Waals surface area contributed by atoms with E-state index in [1.807, 2.05) is 19.3 Å². The average molecular weight is 442 g/mol. The van der Waals surface area contributed by atoms with Gasteiger partial charge in [0.1, 0.15) is 24.9 Å². The van der Waals surface area contributed by atoms with Crippen LogP contribution in [0, 0.1) is 5.92 Å². The third-order valence-electron chi connectivity index (χ3n) is 7.40. The van der Waals surface area contributed by atoms with Crippen LogP contribution in [0.2, 0.25) is 0 Å². The fraction of sp³-hybridized carbons (Fsp3) is 0.619. The molecule has 1 aliphatic carbocycles. The zero-order valence-corrected chi connectivity index (χ0v) is 17.9. The van der Waals surface area contributed by atoms with Crippen LogP contribution in [0.4, 0.5) is 15.0 Å². The monoisotopic (exact) mass is 442 g/mol. The summed E-state index contributed by atoms with van der Waals surface area (Å²) in [6.07, 6.45) is 5.36. The zero-order valence-electron chi connectivity index (χ0n) is 17.9. The molecule has 3 saturated heterocycles. The Balaban J connectivity index is 1.21. The molecule has 2 aromatic heterocycles. The molecule has 6 unspecified atom stereocenters. The molecule has 0 bridgehead atoms. The van der Waals surface area contributed by atoms with E-state index < -0.39 is 6.17 Å². The Hall–Kier alpha value is -2.79. The highest BCUT2D eigenvalue weighted by molar-refractivity contribution is 5.70. The minimum Gasteiger partial charge on any atom is -0.447 e. The number of fused-ring (bicyclic) bond motifs is 2. The van der Waals surface area contributed by atoms with E-state index in [0.29, 0.717) is 32.7 Å². The SMILES string of the molecule is Cn1cc(C2CC3C(CC2F)NNC3c2cc(N3CCN4C(=O)OCC4C3)ncn2)cn1. The van der Waals surface area contributed by atoms with Crippen molar-refractivity contribution in [2.45, 2.75) is 43.1 Å². The first-order valence-electron chi connectivity index (χ1n) is 11.2. The Kier molecular flexibility index (Phi) is 4.76. The van der Waals surface area contributed by atoms with E-state index in [1.54, 1.807) is 22.1 Å². The second-order valence-corrected chi connectivity index (χ2v) is 9.25. The number of aromatic nitrogens is 4. The summed E-state index contributed by atoms with van der Waals surface area (Å²) < 4.78 is 21.9. The number of carbonyl (C=O) groups excluding carboxylic acids is 1. The maximum absolute atomic E-state index is 15.0. The quantitative estimate of drug-likeness (QED) is 0.723. The number of amides is 1. The third-order valence-corrected chi connectivity index (χ3v) is 7.40. The van der Waals surface area contributed by atoms with E-state index in [2.05, 4.69) is 30.8 Å². The fourth-order valence-corrected chi connectivity index (χ4v) is 5.70. The molecule has 0 spiro atoms. The van der Waals surface area contributed by atoms with Crippen LogP contribution < -0.4 is 15.8 Å². The minimum absolute atomic E-state index is 0.0221. The van der Waals surface area contributed by atoms with Gasteiger partial charge in [0.25, 0.3) is 0 Å². The number of carbonyl (C=O) groups is 1. The van der Waals surface area contributed by atoms with Gasteiger partial charge in [-0.1, -0.05) is 0 Å². The fourth-order valence-electron chi connectivity index (χ4n) is 5.70. The first kappa shape index (κ1) is 19.9. The second kappa shape index (κ2) is 7.66. The van der Waals surface area contributed by atoms with Crippen molar-refractivity contribution in [3.63, 3.8) is 0 Å². The van der Waals surface area contributed by atoms with E-state index >= 15 is 0 Å². The number of rotatable bonds is 3. The van der Waals surface area contributed by atoms with Gasteiger partial charge in [-0.05, 0) is 24.3 Å². The number of halogens is 1. The van der Waals surface area contributed by atoms with Crippen molar-refractivity contribution in [2.24, 2.45) is 13.0 Å². The van der Waals surface area contributed by atoms with Crippen LogP contribution in [0.15, 0.2) is 24.8 Å². The summed E-state index contributed by atoms with van der Waals surface area (Å²) >= 11 is 0. The summed E-state index contributed by atoms with van der Waals surface area (Å²) in [5, 5.41) is 4.24. The van der Waals surface area contributed by atoms with E-state index in [0.717, 1.165) is 23.5 Å². The Morgan fingerprint density at radius 3 is 2.97 bits per heavy atom. The van der Waals surface area contributed by atoms with Crippen LogP contribution >= 0.6 is 0 Å². The van der Waals surface area contributed by atoms with Gasteiger partial charge in [0.15, 0.2) is 0 Å². The Morgan fingerprint density at radius 2 is 2.12 bits per heavy atom. The number of nitrogens with one attached hydrogen (secondary N) is 2. The number of ether oxygens (including phenoxy) is 1. The molecule has 170 valence electrons. The van der Waals surface area contributed by atoms with Gasteiger partial charge in [-0.3, -0.25) is 15.0 Å². The molecule has 32 heavy (non-hydrogen) atoms. The smallest absolute Gasteiger partial charge is 0.410 e.